The molecule has 0 aliphatic heterocycles. The van der Waals surface area contributed by atoms with Crippen molar-refractivity contribution in [1.29, 1.82) is 0 Å². The van der Waals surface area contributed by atoms with Crippen LogP contribution in [0.1, 0.15) is 41.6 Å². The van der Waals surface area contributed by atoms with Crippen LogP contribution >= 0.6 is 0 Å². The standard InChI is InChI=1S/C30H31N9O2/c1-19-14-15-33-24(17-19)37-30(41)21-12-10-20(11-13-21)27-26-28(32)34-18-35-29(26)39(38-27)16-6-2-3-9-25(40)36-23-8-5-4-7-22(23)31/h4-5,7-8,10-15,17-18H,2-3,6,9,16,31H2,1H3,(H,36,40)(H2,32,34,35)(H,33,37,41). The molecule has 6 N–H and O–H groups in total. The van der Waals surface area contributed by atoms with E-state index in [-0.39, 0.29) is 11.8 Å². The molecular weight excluding hydrogens is 518 g/mol. The van der Waals surface area contributed by atoms with E-state index in [1.165, 1.54) is 6.33 Å². The summed E-state index contributed by atoms with van der Waals surface area (Å²) in [5.41, 5.74) is 16.9. The molecule has 5 aromatic rings. The summed E-state index contributed by atoms with van der Waals surface area (Å²) in [5, 5.41) is 11.1. The SMILES string of the molecule is Cc1ccnc(NC(=O)c2ccc(-c3nn(CCCCCC(=O)Nc4ccccc4N)c4ncnc(N)c34)cc2)c1. The molecule has 0 aliphatic rings. The molecule has 0 unspecified atom stereocenters. The van der Waals surface area contributed by atoms with E-state index in [4.69, 9.17) is 16.6 Å². The van der Waals surface area contributed by atoms with Gasteiger partial charge in [0.2, 0.25) is 5.91 Å². The minimum absolute atomic E-state index is 0.0671. The van der Waals surface area contributed by atoms with Crippen molar-refractivity contribution in [3.05, 3.63) is 84.3 Å². The minimum atomic E-state index is -0.256. The second kappa shape index (κ2) is 12.2. The molecule has 0 bridgehead atoms. The van der Waals surface area contributed by atoms with E-state index in [0.29, 0.717) is 58.3 Å². The van der Waals surface area contributed by atoms with Gasteiger partial charge in [0.15, 0.2) is 5.65 Å². The number of aryl methyl sites for hydroxylation is 2. The Bertz CT molecular complexity index is 1700. The van der Waals surface area contributed by atoms with Crippen molar-refractivity contribution in [2.75, 3.05) is 22.1 Å². The maximum Gasteiger partial charge on any atom is 0.256 e. The molecule has 0 fully saturated rings. The number of amides is 2. The van der Waals surface area contributed by atoms with Gasteiger partial charge >= 0.3 is 0 Å². The van der Waals surface area contributed by atoms with Gasteiger partial charge in [-0.2, -0.15) is 5.10 Å². The zero-order valence-electron chi connectivity index (χ0n) is 22.7. The first kappa shape index (κ1) is 27.3. The number of anilines is 4. The van der Waals surface area contributed by atoms with Crippen molar-refractivity contribution in [3.63, 3.8) is 0 Å². The van der Waals surface area contributed by atoms with E-state index < -0.39 is 0 Å². The number of hydrogen-bond donors (Lipinski definition) is 4. The first-order valence-corrected chi connectivity index (χ1v) is 13.3. The average molecular weight is 550 g/mol. The summed E-state index contributed by atoms with van der Waals surface area (Å²) in [4.78, 5) is 37.8. The van der Waals surface area contributed by atoms with Crippen LogP contribution in [0, 0.1) is 6.92 Å². The molecule has 0 saturated heterocycles. The lowest BCUT2D eigenvalue weighted by Gasteiger charge is -2.08. The average Bonchev–Trinajstić information content (AvgIpc) is 3.34. The molecule has 0 atom stereocenters. The summed E-state index contributed by atoms with van der Waals surface area (Å²) in [7, 11) is 0. The number of rotatable bonds is 10. The summed E-state index contributed by atoms with van der Waals surface area (Å²) in [6.07, 6.45) is 5.83. The number of nitrogens with one attached hydrogen (secondary N) is 2. The lowest BCUT2D eigenvalue weighted by molar-refractivity contribution is -0.116. The molecule has 5 rings (SSSR count). The fourth-order valence-electron chi connectivity index (χ4n) is 4.51. The van der Waals surface area contributed by atoms with Crippen LogP contribution in [0.5, 0.6) is 0 Å². The highest BCUT2D eigenvalue weighted by atomic mass is 16.2. The highest BCUT2D eigenvalue weighted by molar-refractivity contribution is 6.04. The van der Waals surface area contributed by atoms with Crippen LogP contribution in [-0.2, 0) is 11.3 Å². The topological polar surface area (TPSA) is 167 Å². The van der Waals surface area contributed by atoms with Gasteiger partial charge in [0.05, 0.1) is 16.8 Å². The summed E-state index contributed by atoms with van der Waals surface area (Å²) in [5.74, 6) is 0.507. The van der Waals surface area contributed by atoms with Crippen LogP contribution < -0.4 is 22.1 Å². The number of para-hydroxylation sites is 2. The molecule has 11 nitrogen and oxygen atoms in total. The highest BCUT2D eigenvalue weighted by Gasteiger charge is 2.18. The van der Waals surface area contributed by atoms with Gasteiger partial charge in [0.1, 0.15) is 23.7 Å². The Morgan fingerprint density at radius 3 is 2.49 bits per heavy atom. The minimum Gasteiger partial charge on any atom is -0.397 e. The third-order valence-electron chi connectivity index (χ3n) is 6.64. The quantitative estimate of drug-likeness (QED) is 0.142. The number of fused-ring (bicyclic) bond motifs is 1. The Morgan fingerprint density at radius 1 is 0.902 bits per heavy atom. The summed E-state index contributed by atoms with van der Waals surface area (Å²) >= 11 is 0. The third kappa shape index (κ3) is 6.47. The summed E-state index contributed by atoms with van der Waals surface area (Å²) < 4.78 is 1.82. The maximum atomic E-state index is 12.7. The number of nitrogens with zero attached hydrogens (tertiary/aromatic N) is 5. The first-order chi connectivity index (χ1) is 19.9. The monoisotopic (exact) mass is 549 g/mol. The second-order valence-electron chi connectivity index (χ2n) is 9.73. The normalized spacial score (nSPS) is 11.0. The Balaban J connectivity index is 1.23. The third-order valence-corrected chi connectivity index (χ3v) is 6.64. The zero-order chi connectivity index (χ0) is 28.8. The summed E-state index contributed by atoms with van der Waals surface area (Å²) in [6, 6.07) is 18.0. The molecule has 11 heteroatoms. The molecule has 0 saturated carbocycles. The van der Waals surface area contributed by atoms with Gasteiger partial charge < -0.3 is 22.1 Å². The lowest BCUT2D eigenvalue weighted by Crippen LogP contribution is -2.12. The molecular formula is C30H31N9O2. The van der Waals surface area contributed by atoms with E-state index in [2.05, 4.69) is 25.6 Å². The van der Waals surface area contributed by atoms with Gasteiger partial charge in [0, 0.05) is 30.3 Å². The summed E-state index contributed by atoms with van der Waals surface area (Å²) in [6.45, 7) is 2.54. The van der Waals surface area contributed by atoms with Crippen molar-refractivity contribution in [2.24, 2.45) is 0 Å². The molecule has 3 aromatic heterocycles. The number of nitrogen functional groups attached to an aromatic ring is 2. The van der Waals surface area contributed by atoms with Crippen LogP contribution in [0.25, 0.3) is 22.3 Å². The van der Waals surface area contributed by atoms with Gasteiger partial charge in [-0.05, 0) is 61.7 Å². The number of hydrogen-bond acceptors (Lipinski definition) is 8. The van der Waals surface area contributed by atoms with Gasteiger partial charge in [-0.1, -0.05) is 30.7 Å². The predicted octanol–water partition coefficient (Wildman–Crippen LogP) is 4.81. The number of benzene rings is 2. The molecule has 0 spiro atoms. The number of carbonyl (C=O) groups is 2. The van der Waals surface area contributed by atoms with Crippen LogP contribution in [-0.4, -0.2) is 36.5 Å². The van der Waals surface area contributed by atoms with Crippen molar-refractivity contribution in [2.45, 2.75) is 39.2 Å². The second-order valence-corrected chi connectivity index (χ2v) is 9.73. The lowest BCUT2D eigenvalue weighted by atomic mass is 10.1. The Labute approximate surface area is 237 Å². The fraction of sp³-hybridized carbons (Fsp3) is 0.200. The van der Waals surface area contributed by atoms with E-state index in [1.807, 2.05) is 48.0 Å². The smallest absolute Gasteiger partial charge is 0.256 e. The molecule has 41 heavy (non-hydrogen) atoms. The Hall–Kier alpha value is -5.32. The van der Waals surface area contributed by atoms with Crippen LogP contribution in [0.3, 0.4) is 0 Å². The number of nitrogens with two attached hydrogens (primary N) is 2. The maximum absolute atomic E-state index is 12.7. The molecule has 0 radical (unpaired) electrons. The Morgan fingerprint density at radius 2 is 1.71 bits per heavy atom. The number of carbonyl (C=O) groups excluding carboxylic acids is 2. The zero-order valence-corrected chi connectivity index (χ0v) is 22.7. The van der Waals surface area contributed by atoms with Crippen molar-refractivity contribution in [3.8, 4) is 11.3 Å². The van der Waals surface area contributed by atoms with Crippen molar-refractivity contribution < 1.29 is 9.59 Å². The van der Waals surface area contributed by atoms with E-state index in [1.54, 1.807) is 30.5 Å². The van der Waals surface area contributed by atoms with Crippen LogP contribution in [0.4, 0.5) is 23.0 Å². The van der Waals surface area contributed by atoms with Gasteiger partial charge in [0.25, 0.3) is 5.91 Å². The van der Waals surface area contributed by atoms with Crippen molar-refractivity contribution >= 4 is 45.9 Å². The van der Waals surface area contributed by atoms with Gasteiger partial charge in [-0.25, -0.2) is 19.6 Å². The molecule has 0 aliphatic carbocycles. The van der Waals surface area contributed by atoms with E-state index in [0.717, 1.165) is 30.4 Å². The molecule has 208 valence electrons. The number of unbranched alkanes of at least 4 members (excludes halogenated alkanes) is 2. The largest absolute Gasteiger partial charge is 0.397 e. The number of pyridine rings is 1. The van der Waals surface area contributed by atoms with E-state index >= 15 is 0 Å². The van der Waals surface area contributed by atoms with E-state index in [9.17, 15) is 9.59 Å². The molecule has 3 heterocycles. The van der Waals surface area contributed by atoms with Crippen LogP contribution in [0.15, 0.2) is 73.2 Å². The molecule has 2 aromatic carbocycles. The molecule has 2 amide bonds. The van der Waals surface area contributed by atoms with Crippen molar-refractivity contribution in [1.82, 2.24) is 24.7 Å². The van der Waals surface area contributed by atoms with Gasteiger partial charge in [-0.15, -0.1) is 0 Å². The Kier molecular flexibility index (Phi) is 8.14. The highest BCUT2D eigenvalue weighted by Crippen LogP contribution is 2.30. The van der Waals surface area contributed by atoms with Crippen LogP contribution in [0.2, 0.25) is 0 Å². The first-order valence-electron chi connectivity index (χ1n) is 13.3. The van der Waals surface area contributed by atoms with Gasteiger partial charge in [-0.3, -0.25) is 9.59 Å². The number of aromatic nitrogens is 5. The fourth-order valence-corrected chi connectivity index (χ4v) is 4.51. The predicted molar refractivity (Wildman–Crippen MR) is 160 cm³/mol.